The Hall–Kier alpha value is -3.23. The van der Waals surface area contributed by atoms with E-state index in [-0.39, 0.29) is 29.3 Å². The van der Waals surface area contributed by atoms with Crippen molar-refractivity contribution in [3.63, 3.8) is 0 Å². The monoisotopic (exact) mass is 495 g/mol. The van der Waals surface area contributed by atoms with Crippen LogP contribution in [0.3, 0.4) is 0 Å². The average molecular weight is 496 g/mol. The lowest BCUT2D eigenvalue weighted by molar-refractivity contribution is -0.130. The van der Waals surface area contributed by atoms with Gasteiger partial charge in [0.25, 0.3) is 0 Å². The van der Waals surface area contributed by atoms with Crippen LogP contribution in [0.25, 0.3) is 0 Å². The molecule has 0 saturated carbocycles. The first-order valence-electron chi connectivity index (χ1n) is 11.5. The molecule has 1 aliphatic rings. The van der Waals surface area contributed by atoms with Crippen molar-refractivity contribution in [2.45, 2.75) is 16.6 Å². The molecule has 0 aromatic heterocycles. The van der Waals surface area contributed by atoms with Crippen molar-refractivity contribution in [3.05, 3.63) is 96.1 Å². The first-order valence-corrected chi connectivity index (χ1v) is 12.4. The smallest absolute Gasteiger partial charge is 0.240 e. The van der Waals surface area contributed by atoms with E-state index in [1.165, 1.54) is 17.8 Å². The molecule has 182 valence electrons. The summed E-state index contributed by atoms with van der Waals surface area (Å²) < 4.78 is 26.9. The van der Waals surface area contributed by atoms with Gasteiger partial charge in [0.1, 0.15) is 16.9 Å². The van der Waals surface area contributed by atoms with E-state index in [4.69, 9.17) is 0 Å². The maximum absolute atomic E-state index is 13.9. The van der Waals surface area contributed by atoms with Crippen LogP contribution >= 0.6 is 11.8 Å². The van der Waals surface area contributed by atoms with Crippen LogP contribution in [0, 0.1) is 11.6 Å². The van der Waals surface area contributed by atoms with Crippen LogP contribution in [0.15, 0.2) is 83.8 Å². The summed E-state index contributed by atoms with van der Waals surface area (Å²) in [4.78, 5) is 30.9. The molecule has 3 aromatic rings. The lowest BCUT2D eigenvalue weighted by Gasteiger charge is -2.26. The van der Waals surface area contributed by atoms with Crippen LogP contribution in [0.1, 0.15) is 17.2 Å². The van der Waals surface area contributed by atoms with Gasteiger partial charge in [-0.05, 0) is 36.2 Å². The molecule has 1 N–H and O–H groups in total. The molecule has 1 heterocycles. The summed E-state index contributed by atoms with van der Waals surface area (Å²) in [6, 6.07) is 22.7. The Morgan fingerprint density at radius 2 is 1.60 bits per heavy atom. The zero-order valence-electron chi connectivity index (χ0n) is 19.2. The Bertz CT molecular complexity index is 1150. The standard InChI is InChI=1S/C27H27F2N3O2S/c28-21-12-13-24(23(29)18-21)30-25(33)19-31-14-7-15-32(17-16-31)27(34)26(20-8-3-1-4-9-20)35-22-10-5-2-6-11-22/h1-6,8-13,18,26H,7,14-17,19H2,(H,30,33). The molecule has 1 unspecified atom stereocenters. The van der Waals surface area contributed by atoms with Crippen molar-refractivity contribution in [2.24, 2.45) is 0 Å². The molecule has 0 radical (unpaired) electrons. The number of benzene rings is 3. The Morgan fingerprint density at radius 1 is 0.886 bits per heavy atom. The predicted molar refractivity (Wildman–Crippen MR) is 134 cm³/mol. The van der Waals surface area contributed by atoms with E-state index < -0.39 is 11.6 Å². The van der Waals surface area contributed by atoms with Gasteiger partial charge in [-0.2, -0.15) is 0 Å². The number of amides is 2. The maximum atomic E-state index is 13.9. The normalized spacial score (nSPS) is 15.3. The Kier molecular flexibility index (Phi) is 8.50. The van der Waals surface area contributed by atoms with Crippen molar-refractivity contribution in [2.75, 3.05) is 38.0 Å². The number of nitrogens with zero attached hydrogens (tertiary/aromatic N) is 2. The molecule has 35 heavy (non-hydrogen) atoms. The second-order valence-electron chi connectivity index (χ2n) is 8.35. The van der Waals surface area contributed by atoms with Crippen LogP contribution in [-0.4, -0.2) is 54.3 Å². The molecule has 4 rings (SSSR count). The van der Waals surface area contributed by atoms with Crippen molar-refractivity contribution in [1.29, 1.82) is 0 Å². The number of thioether (sulfide) groups is 1. The number of halogens is 2. The van der Waals surface area contributed by atoms with Crippen molar-refractivity contribution < 1.29 is 18.4 Å². The van der Waals surface area contributed by atoms with Crippen molar-refractivity contribution in [1.82, 2.24) is 9.80 Å². The molecule has 8 heteroatoms. The zero-order chi connectivity index (χ0) is 24.6. The molecular weight excluding hydrogens is 468 g/mol. The fraction of sp³-hybridized carbons (Fsp3) is 0.259. The van der Waals surface area contributed by atoms with Gasteiger partial charge in [0.2, 0.25) is 11.8 Å². The van der Waals surface area contributed by atoms with Crippen molar-refractivity contribution >= 4 is 29.3 Å². The number of hydrogen-bond donors (Lipinski definition) is 1. The first-order chi connectivity index (χ1) is 17.0. The molecule has 0 spiro atoms. The number of nitrogens with one attached hydrogen (secondary N) is 1. The van der Waals surface area contributed by atoms with Crippen LogP contribution in [-0.2, 0) is 9.59 Å². The van der Waals surface area contributed by atoms with Gasteiger partial charge in [0.15, 0.2) is 0 Å². The van der Waals surface area contributed by atoms with E-state index in [9.17, 15) is 18.4 Å². The molecule has 1 saturated heterocycles. The molecular formula is C27H27F2N3O2S. The SMILES string of the molecule is O=C(CN1CCCN(C(=O)C(Sc2ccccc2)c2ccccc2)CC1)Nc1ccc(F)cc1F. The molecule has 5 nitrogen and oxygen atoms in total. The largest absolute Gasteiger partial charge is 0.340 e. The highest BCUT2D eigenvalue weighted by Crippen LogP contribution is 2.36. The summed E-state index contributed by atoms with van der Waals surface area (Å²) in [7, 11) is 0. The van der Waals surface area contributed by atoms with Crippen LogP contribution in [0.2, 0.25) is 0 Å². The van der Waals surface area contributed by atoms with Crippen LogP contribution in [0.5, 0.6) is 0 Å². The van der Waals surface area contributed by atoms with Gasteiger partial charge in [-0.1, -0.05) is 48.5 Å². The van der Waals surface area contributed by atoms with E-state index >= 15 is 0 Å². The summed E-state index contributed by atoms with van der Waals surface area (Å²) in [6.07, 6.45) is 0.724. The summed E-state index contributed by atoms with van der Waals surface area (Å²) in [5.41, 5.74) is 0.903. The van der Waals surface area contributed by atoms with Gasteiger partial charge in [-0.25, -0.2) is 8.78 Å². The Labute approximate surface area is 208 Å². The second kappa shape index (κ2) is 12.0. The average Bonchev–Trinajstić information content (AvgIpc) is 3.10. The fourth-order valence-corrected chi connectivity index (χ4v) is 5.15. The quantitative estimate of drug-likeness (QED) is 0.470. The third-order valence-electron chi connectivity index (χ3n) is 5.80. The van der Waals surface area contributed by atoms with Gasteiger partial charge in [0.05, 0.1) is 12.2 Å². The third-order valence-corrected chi connectivity index (χ3v) is 7.05. The van der Waals surface area contributed by atoms with Gasteiger partial charge >= 0.3 is 0 Å². The minimum atomic E-state index is -0.811. The number of carbonyl (C=O) groups is 2. The molecule has 3 aromatic carbocycles. The summed E-state index contributed by atoms with van der Waals surface area (Å²) >= 11 is 1.53. The zero-order valence-corrected chi connectivity index (χ0v) is 20.0. The Balaban J connectivity index is 1.38. The molecule has 2 amide bonds. The third kappa shape index (κ3) is 6.90. The van der Waals surface area contributed by atoms with Crippen LogP contribution in [0.4, 0.5) is 14.5 Å². The minimum Gasteiger partial charge on any atom is -0.340 e. The number of anilines is 1. The summed E-state index contributed by atoms with van der Waals surface area (Å²) in [6.45, 7) is 2.34. The van der Waals surface area contributed by atoms with E-state index in [2.05, 4.69) is 5.32 Å². The van der Waals surface area contributed by atoms with Gasteiger partial charge in [-0.3, -0.25) is 14.5 Å². The molecule has 1 atom stereocenters. The number of rotatable bonds is 7. The number of hydrogen-bond acceptors (Lipinski definition) is 4. The van der Waals surface area contributed by atoms with Gasteiger partial charge < -0.3 is 10.2 Å². The highest BCUT2D eigenvalue weighted by molar-refractivity contribution is 8.00. The molecule has 0 aliphatic carbocycles. The topological polar surface area (TPSA) is 52.7 Å². The minimum absolute atomic E-state index is 0.0461. The highest BCUT2D eigenvalue weighted by atomic mass is 32.2. The van der Waals surface area contributed by atoms with E-state index in [1.807, 2.05) is 70.5 Å². The Morgan fingerprint density at radius 3 is 2.31 bits per heavy atom. The highest BCUT2D eigenvalue weighted by Gasteiger charge is 2.29. The summed E-state index contributed by atoms with van der Waals surface area (Å²) in [5.74, 6) is -1.84. The molecule has 1 fully saturated rings. The maximum Gasteiger partial charge on any atom is 0.240 e. The fourth-order valence-electron chi connectivity index (χ4n) is 4.02. The van der Waals surface area contributed by atoms with Gasteiger partial charge in [0, 0.05) is 37.1 Å². The second-order valence-corrected chi connectivity index (χ2v) is 9.53. The lowest BCUT2D eigenvalue weighted by Crippen LogP contribution is -2.39. The lowest BCUT2D eigenvalue weighted by atomic mass is 10.1. The summed E-state index contributed by atoms with van der Waals surface area (Å²) in [5, 5.41) is 2.13. The van der Waals surface area contributed by atoms with Crippen LogP contribution < -0.4 is 5.32 Å². The first kappa shape index (κ1) is 24.9. The van der Waals surface area contributed by atoms with Gasteiger partial charge in [-0.15, -0.1) is 11.8 Å². The van der Waals surface area contributed by atoms with E-state index in [0.717, 1.165) is 29.0 Å². The molecule has 1 aliphatic heterocycles. The molecule has 0 bridgehead atoms. The van der Waals surface area contributed by atoms with E-state index in [1.54, 1.807) is 0 Å². The van der Waals surface area contributed by atoms with E-state index in [0.29, 0.717) is 26.2 Å². The predicted octanol–water partition coefficient (Wildman–Crippen LogP) is 4.97. The van der Waals surface area contributed by atoms with Crippen molar-refractivity contribution in [3.8, 4) is 0 Å². The number of carbonyl (C=O) groups excluding carboxylic acids is 2.